The van der Waals surface area contributed by atoms with Crippen LogP contribution in [-0.4, -0.2) is 53.6 Å². The van der Waals surface area contributed by atoms with Gasteiger partial charge in [0.2, 0.25) is 5.95 Å². The molecule has 32 heavy (non-hydrogen) atoms. The number of anilines is 2. The molecule has 162 valence electrons. The van der Waals surface area contributed by atoms with Crippen molar-refractivity contribution in [2.75, 3.05) is 23.8 Å². The molecule has 4 atom stereocenters. The Morgan fingerprint density at radius 1 is 1.16 bits per heavy atom. The minimum atomic E-state index is -0.635. The van der Waals surface area contributed by atoms with E-state index in [9.17, 15) is 4.79 Å². The number of carbonyl (C=O) groups excluding carboxylic acids is 1. The SMILES string of the molecule is N#Cc1cccc(NC(=O)O[C@@H]2CO[C@H]3[C@@H]2OC[C@@H]3Nc2nccc(-c3ccco3)n2)c1. The summed E-state index contributed by atoms with van der Waals surface area (Å²) in [6, 6.07) is 13.8. The Balaban J connectivity index is 1.19. The number of hydrogen-bond acceptors (Lipinski definition) is 9. The summed E-state index contributed by atoms with van der Waals surface area (Å²) >= 11 is 0. The number of amides is 1. The Morgan fingerprint density at radius 2 is 2.06 bits per heavy atom. The molecular formula is C22H19N5O5. The lowest BCUT2D eigenvalue weighted by Crippen LogP contribution is -2.38. The van der Waals surface area contributed by atoms with Crippen molar-refractivity contribution in [3.8, 4) is 17.5 Å². The van der Waals surface area contributed by atoms with Crippen molar-refractivity contribution in [3.63, 3.8) is 0 Å². The molecule has 0 aliphatic carbocycles. The van der Waals surface area contributed by atoms with Crippen LogP contribution >= 0.6 is 0 Å². The number of nitrogens with one attached hydrogen (secondary N) is 2. The van der Waals surface area contributed by atoms with E-state index in [2.05, 4.69) is 20.6 Å². The van der Waals surface area contributed by atoms with Gasteiger partial charge < -0.3 is 23.9 Å². The Kier molecular flexibility index (Phi) is 5.41. The smallest absolute Gasteiger partial charge is 0.412 e. The van der Waals surface area contributed by atoms with Crippen molar-refractivity contribution >= 4 is 17.7 Å². The number of fused-ring (bicyclic) bond motifs is 1. The summed E-state index contributed by atoms with van der Waals surface area (Å²) < 4.78 is 22.6. The van der Waals surface area contributed by atoms with E-state index in [0.29, 0.717) is 35.3 Å². The summed E-state index contributed by atoms with van der Waals surface area (Å²) in [4.78, 5) is 21.0. The van der Waals surface area contributed by atoms with E-state index < -0.39 is 18.3 Å². The van der Waals surface area contributed by atoms with Crippen LogP contribution in [0, 0.1) is 11.3 Å². The maximum atomic E-state index is 12.3. The third kappa shape index (κ3) is 4.12. The van der Waals surface area contributed by atoms with Gasteiger partial charge in [0.25, 0.3) is 0 Å². The van der Waals surface area contributed by atoms with Crippen LogP contribution < -0.4 is 10.6 Å². The van der Waals surface area contributed by atoms with Gasteiger partial charge in [-0.3, -0.25) is 5.32 Å². The number of rotatable bonds is 5. The first-order valence-corrected chi connectivity index (χ1v) is 10.0. The van der Waals surface area contributed by atoms with E-state index in [1.54, 1.807) is 48.9 Å². The molecule has 4 heterocycles. The van der Waals surface area contributed by atoms with Crippen molar-refractivity contribution < 1.29 is 23.4 Å². The first-order chi connectivity index (χ1) is 15.7. The molecule has 0 radical (unpaired) electrons. The molecule has 10 nitrogen and oxygen atoms in total. The summed E-state index contributed by atoms with van der Waals surface area (Å²) in [5.74, 6) is 1.07. The number of nitriles is 1. The van der Waals surface area contributed by atoms with Gasteiger partial charge in [-0.1, -0.05) is 6.07 Å². The van der Waals surface area contributed by atoms with Gasteiger partial charge in [-0.25, -0.2) is 14.8 Å². The zero-order valence-corrected chi connectivity index (χ0v) is 16.8. The van der Waals surface area contributed by atoms with Crippen molar-refractivity contribution in [1.82, 2.24) is 9.97 Å². The second-order valence-corrected chi connectivity index (χ2v) is 7.35. The number of hydrogen-bond donors (Lipinski definition) is 2. The highest BCUT2D eigenvalue weighted by molar-refractivity contribution is 5.85. The third-order valence-corrected chi connectivity index (χ3v) is 5.25. The topological polar surface area (TPSA) is 132 Å². The van der Waals surface area contributed by atoms with Gasteiger partial charge in [0, 0.05) is 11.9 Å². The van der Waals surface area contributed by atoms with E-state index >= 15 is 0 Å². The minimum absolute atomic E-state index is 0.198. The van der Waals surface area contributed by atoms with E-state index in [-0.39, 0.29) is 18.8 Å². The van der Waals surface area contributed by atoms with Crippen LogP contribution in [0.5, 0.6) is 0 Å². The van der Waals surface area contributed by atoms with Crippen LogP contribution in [0.25, 0.3) is 11.5 Å². The average molecular weight is 433 g/mol. The molecule has 10 heteroatoms. The van der Waals surface area contributed by atoms with Gasteiger partial charge in [-0.15, -0.1) is 0 Å². The molecule has 0 unspecified atom stereocenters. The molecule has 1 amide bonds. The largest absolute Gasteiger partial charge is 0.463 e. The molecule has 5 rings (SSSR count). The zero-order chi connectivity index (χ0) is 21.9. The zero-order valence-electron chi connectivity index (χ0n) is 16.8. The standard InChI is InChI=1S/C22H19N5O5/c23-10-13-3-1-4-14(9-13)25-22(28)32-18-12-31-19-16(11-30-20(18)19)27-21-24-7-6-15(26-21)17-5-2-8-29-17/h1-9,16,18-20H,11-12H2,(H,25,28)(H,24,26,27)/t16-,18+,19+,20+/m0/s1. The summed E-state index contributed by atoms with van der Waals surface area (Å²) in [5, 5.41) is 14.8. The first-order valence-electron chi connectivity index (χ1n) is 10.0. The maximum Gasteiger partial charge on any atom is 0.412 e. The lowest BCUT2D eigenvalue weighted by Gasteiger charge is -2.18. The number of nitrogens with zero attached hydrogens (tertiary/aromatic N) is 3. The molecule has 2 aliphatic rings. The van der Waals surface area contributed by atoms with Crippen LogP contribution in [0.4, 0.5) is 16.4 Å². The van der Waals surface area contributed by atoms with E-state index in [1.165, 1.54) is 0 Å². The number of aromatic nitrogens is 2. The number of furan rings is 1. The predicted molar refractivity (Wildman–Crippen MR) is 112 cm³/mol. The van der Waals surface area contributed by atoms with Crippen LogP contribution in [0.15, 0.2) is 59.3 Å². The van der Waals surface area contributed by atoms with Crippen molar-refractivity contribution in [2.24, 2.45) is 0 Å². The first kappa shape index (κ1) is 20.0. The minimum Gasteiger partial charge on any atom is -0.463 e. The molecular weight excluding hydrogens is 414 g/mol. The highest BCUT2D eigenvalue weighted by atomic mass is 16.6. The van der Waals surface area contributed by atoms with Gasteiger partial charge in [-0.05, 0) is 36.4 Å². The van der Waals surface area contributed by atoms with Crippen LogP contribution in [0.2, 0.25) is 0 Å². The molecule has 2 aromatic heterocycles. The lowest BCUT2D eigenvalue weighted by molar-refractivity contribution is 0.00917. The summed E-state index contributed by atoms with van der Waals surface area (Å²) in [6.07, 6.45) is 1.32. The van der Waals surface area contributed by atoms with E-state index in [4.69, 9.17) is 23.9 Å². The second kappa shape index (κ2) is 8.66. The van der Waals surface area contributed by atoms with Crippen molar-refractivity contribution in [3.05, 3.63) is 60.5 Å². The average Bonchev–Trinajstić information content (AvgIpc) is 3.55. The monoisotopic (exact) mass is 433 g/mol. The second-order valence-electron chi connectivity index (χ2n) is 7.35. The fourth-order valence-corrected chi connectivity index (χ4v) is 3.80. The molecule has 2 saturated heterocycles. The molecule has 2 fully saturated rings. The molecule has 3 aromatic rings. The highest BCUT2D eigenvalue weighted by Crippen LogP contribution is 2.31. The Morgan fingerprint density at radius 3 is 2.91 bits per heavy atom. The lowest BCUT2D eigenvalue weighted by atomic mass is 10.1. The molecule has 0 spiro atoms. The van der Waals surface area contributed by atoms with Crippen LogP contribution in [0.3, 0.4) is 0 Å². The molecule has 0 saturated carbocycles. The normalized spacial score (nSPS) is 23.8. The molecule has 0 bridgehead atoms. The van der Waals surface area contributed by atoms with Gasteiger partial charge >= 0.3 is 6.09 Å². The summed E-state index contributed by atoms with van der Waals surface area (Å²) in [5.41, 5.74) is 1.58. The quantitative estimate of drug-likeness (QED) is 0.623. The Bertz CT molecular complexity index is 1150. The van der Waals surface area contributed by atoms with Crippen LogP contribution in [-0.2, 0) is 14.2 Å². The molecule has 1 aromatic carbocycles. The van der Waals surface area contributed by atoms with E-state index in [0.717, 1.165) is 0 Å². The van der Waals surface area contributed by atoms with Gasteiger partial charge in [0.05, 0.1) is 37.2 Å². The number of carbonyl (C=O) groups is 1. The molecule has 2 aliphatic heterocycles. The summed E-state index contributed by atoms with van der Waals surface area (Å²) in [7, 11) is 0. The maximum absolute atomic E-state index is 12.3. The van der Waals surface area contributed by atoms with Crippen molar-refractivity contribution in [2.45, 2.75) is 24.4 Å². The number of benzene rings is 1. The van der Waals surface area contributed by atoms with Gasteiger partial charge in [-0.2, -0.15) is 5.26 Å². The predicted octanol–water partition coefficient (Wildman–Crippen LogP) is 2.80. The highest BCUT2D eigenvalue weighted by Gasteiger charge is 2.49. The van der Waals surface area contributed by atoms with Gasteiger partial charge in [0.15, 0.2) is 11.9 Å². The van der Waals surface area contributed by atoms with Crippen LogP contribution in [0.1, 0.15) is 5.56 Å². The van der Waals surface area contributed by atoms with Gasteiger partial charge in [0.1, 0.15) is 17.9 Å². The van der Waals surface area contributed by atoms with Crippen molar-refractivity contribution in [1.29, 1.82) is 5.26 Å². The fourth-order valence-electron chi connectivity index (χ4n) is 3.80. The number of ether oxygens (including phenoxy) is 3. The Hall–Kier alpha value is -3.94. The van der Waals surface area contributed by atoms with E-state index in [1.807, 2.05) is 12.1 Å². The Labute approximate surface area is 183 Å². The third-order valence-electron chi connectivity index (χ3n) is 5.25. The fraction of sp³-hybridized carbons (Fsp3) is 0.273. The summed E-state index contributed by atoms with van der Waals surface area (Å²) in [6.45, 7) is 0.571. The molecule has 2 N–H and O–H groups in total.